The smallest absolute Gasteiger partial charge is 0.278 e. The van der Waals surface area contributed by atoms with Crippen LogP contribution in [0.3, 0.4) is 0 Å². The number of nitrogens with one attached hydrogen (secondary N) is 4. The summed E-state index contributed by atoms with van der Waals surface area (Å²) in [5, 5.41) is 5.24. The first-order valence-electron chi connectivity index (χ1n) is 19.2. The number of hydrogen-bond acceptors (Lipinski definition) is 14. The Kier molecular flexibility index (Phi) is 13.6. The number of hydrogen-bond donors (Lipinski definition) is 6. The highest BCUT2D eigenvalue weighted by atomic mass is 32.2. The van der Waals surface area contributed by atoms with Gasteiger partial charge in [-0.2, -0.15) is 0 Å². The Morgan fingerprint density at radius 1 is 0.603 bits per heavy atom. The van der Waals surface area contributed by atoms with Crippen molar-refractivity contribution in [3.05, 3.63) is 132 Å². The zero-order chi connectivity index (χ0) is 45.5. The normalized spacial score (nSPS) is 11.4. The van der Waals surface area contributed by atoms with Crippen LogP contribution in [0, 0.1) is 12.8 Å². The molecule has 6 rings (SSSR count). The first-order valence-corrected chi connectivity index (χ1v) is 22.2. The Labute approximate surface area is 363 Å². The van der Waals surface area contributed by atoms with E-state index in [-0.39, 0.29) is 50.6 Å². The van der Waals surface area contributed by atoms with Gasteiger partial charge in [-0.05, 0) is 73.9 Å². The van der Waals surface area contributed by atoms with Gasteiger partial charge in [-0.3, -0.25) is 19.2 Å². The van der Waals surface area contributed by atoms with Crippen LogP contribution in [0.2, 0.25) is 0 Å². The Morgan fingerprint density at radius 2 is 1.03 bits per heavy atom. The highest BCUT2D eigenvalue weighted by molar-refractivity contribution is 7.90. The highest BCUT2D eigenvalue weighted by Crippen LogP contribution is 2.23. The molecule has 0 radical (unpaired) electrons. The second kappa shape index (κ2) is 19.0. The molecule has 0 bridgehead atoms. The Balaban J connectivity index is 0.989. The van der Waals surface area contributed by atoms with Crippen molar-refractivity contribution < 1.29 is 36.0 Å². The van der Waals surface area contributed by atoms with Gasteiger partial charge < -0.3 is 22.1 Å². The first kappa shape index (κ1) is 45.0. The molecule has 0 saturated carbocycles. The molecular weight excluding hydrogens is 849 g/mol. The number of nitrogens with two attached hydrogens (primary N) is 2. The molecule has 0 aliphatic carbocycles. The van der Waals surface area contributed by atoms with Crippen LogP contribution >= 0.6 is 0 Å². The summed E-state index contributed by atoms with van der Waals surface area (Å²) in [6.45, 7) is 5.07. The maximum absolute atomic E-state index is 13.1. The monoisotopic (exact) mass is 890 g/mol. The van der Waals surface area contributed by atoms with Crippen LogP contribution in [0.25, 0.3) is 22.5 Å². The predicted molar refractivity (Wildman–Crippen MR) is 236 cm³/mol. The molecule has 6 aromatic rings. The van der Waals surface area contributed by atoms with Gasteiger partial charge in [-0.15, -0.1) is 0 Å². The first-order chi connectivity index (χ1) is 29.9. The van der Waals surface area contributed by atoms with Crippen molar-refractivity contribution in [3.8, 4) is 22.5 Å². The van der Waals surface area contributed by atoms with E-state index in [0.29, 0.717) is 29.8 Å². The molecule has 0 fully saturated rings. The number of amides is 4. The van der Waals surface area contributed by atoms with Gasteiger partial charge in [0.1, 0.15) is 0 Å². The number of nitrogen functional groups attached to an aromatic ring is 2. The molecule has 0 saturated heterocycles. The van der Waals surface area contributed by atoms with E-state index in [1.54, 1.807) is 38.1 Å². The number of nitrogens with zero attached hydrogens (tertiary/aromatic N) is 4. The van der Waals surface area contributed by atoms with Crippen molar-refractivity contribution in [2.24, 2.45) is 5.92 Å². The molecule has 2 heterocycles. The van der Waals surface area contributed by atoms with E-state index in [1.165, 1.54) is 60.9 Å². The van der Waals surface area contributed by atoms with Crippen LogP contribution in [0.15, 0.2) is 119 Å². The lowest BCUT2D eigenvalue weighted by Gasteiger charge is -2.11. The molecule has 4 amide bonds. The van der Waals surface area contributed by atoms with Crippen LogP contribution in [-0.2, 0) is 36.1 Å². The third-order valence-corrected chi connectivity index (χ3v) is 12.1. The molecule has 18 nitrogen and oxygen atoms in total. The van der Waals surface area contributed by atoms with Gasteiger partial charge in [-0.1, -0.05) is 67.9 Å². The van der Waals surface area contributed by atoms with Crippen molar-refractivity contribution in [1.29, 1.82) is 0 Å². The van der Waals surface area contributed by atoms with E-state index in [1.807, 2.05) is 35.9 Å². The van der Waals surface area contributed by atoms with E-state index in [2.05, 4.69) is 35.3 Å². The van der Waals surface area contributed by atoms with E-state index in [0.717, 1.165) is 16.7 Å². The number of anilines is 4. The lowest BCUT2D eigenvalue weighted by atomic mass is 10.0. The molecule has 324 valence electrons. The minimum absolute atomic E-state index is 0.0775. The van der Waals surface area contributed by atoms with E-state index < -0.39 is 49.6 Å². The number of aromatic nitrogens is 4. The maximum Gasteiger partial charge on any atom is 0.278 e. The lowest BCUT2D eigenvalue weighted by Crippen LogP contribution is -2.33. The lowest BCUT2D eigenvalue weighted by molar-refractivity contribution is -0.122. The van der Waals surface area contributed by atoms with Gasteiger partial charge in [-0.25, -0.2) is 46.2 Å². The predicted octanol–water partition coefficient (Wildman–Crippen LogP) is 4.87. The van der Waals surface area contributed by atoms with E-state index in [4.69, 9.17) is 11.5 Å². The molecule has 8 N–H and O–H groups in total. The zero-order valence-electron chi connectivity index (χ0n) is 34.1. The highest BCUT2D eigenvalue weighted by Gasteiger charge is 2.22. The fraction of sp³-hybridized carbons (Fsp3) is 0.163. The van der Waals surface area contributed by atoms with Crippen LogP contribution in [0.1, 0.15) is 58.8 Å². The van der Waals surface area contributed by atoms with E-state index in [9.17, 15) is 36.0 Å². The van der Waals surface area contributed by atoms with E-state index >= 15 is 0 Å². The number of sulfonamides is 2. The van der Waals surface area contributed by atoms with Crippen molar-refractivity contribution >= 4 is 66.7 Å². The number of carbonyl (C=O) groups is 4. The number of carbonyl (C=O) groups excluding carboxylic acids is 4. The summed E-state index contributed by atoms with van der Waals surface area (Å²) in [6.07, 6.45) is 3.55. The summed E-state index contributed by atoms with van der Waals surface area (Å²) in [7, 11) is -8.32. The number of rotatable bonds is 15. The van der Waals surface area contributed by atoms with Gasteiger partial charge in [0.2, 0.25) is 11.8 Å². The summed E-state index contributed by atoms with van der Waals surface area (Å²) in [6, 6.07) is 25.0. The quantitative estimate of drug-likeness (QED) is 0.0803. The van der Waals surface area contributed by atoms with Crippen LogP contribution in [-0.4, -0.2) is 60.4 Å². The summed E-state index contributed by atoms with van der Waals surface area (Å²) in [4.78, 5) is 67.3. The molecular formula is C43H42N10O8S2. The Hall–Kier alpha value is -7.58. The Bertz CT molecular complexity index is 2910. The number of benzene rings is 4. The van der Waals surface area contributed by atoms with Crippen LogP contribution in [0.5, 0.6) is 0 Å². The van der Waals surface area contributed by atoms with Crippen molar-refractivity contribution in [3.63, 3.8) is 0 Å². The molecule has 0 aliphatic rings. The zero-order valence-corrected chi connectivity index (χ0v) is 35.8. The van der Waals surface area contributed by atoms with Crippen LogP contribution in [0.4, 0.5) is 23.0 Å². The molecule has 4 aromatic carbocycles. The molecule has 63 heavy (non-hydrogen) atoms. The average Bonchev–Trinajstić information content (AvgIpc) is 3.24. The summed E-state index contributed by atoms with van der Waals surface area (Å²) in [5.74, 6) is -3.44. The second-order valence-electron chi connectivity index (χ2n) is 14.5. The van der Waals surface area contributed by atoms with Gasteiger partial charge >= 0.3 is 0 Å². The SMILES string of the molecule is Cc1ccc(-c2cnc(N)c(C(=O)Nc3ccc(S(=O)(=O)NC(=O)CCCc4ccc(-c5cnc(N)c(C(=O)Nc6ccc(S(=O)(=O)NC(=O)C(C)C)cc6)n5)cc4)cc3)n2)cc1. The number of aryl methyl sites for hydroxylation is 2. The van der Waals surface area contributed by atoms with Gasteiger partial charge in [0.05, 0.1) is 33.6 Å². The molecule has 20 heteroatoms. The second-order valence-corrected chi connectivity index (χ2v) is 17.9. The minimum Gasteiger partial charge on any atom is -0.382 e. The summed E-state index contributed by atoms with van der Waals surface area (Å²) < 4.78 is 55.0. The van der Waals surface area contributed by atoms with Crippen molar-refractivity contribution in [2.45, 2.75) is 49.8 Å². The fourth-order valence-corrected chi connectivity index (χ4v) is 7.94. The van der Waals surface area contributed by atoms with Gasteiger partial charge in [0.25, 0.3) is 31.9 Å². The molecule has 0 atom stereocenters. The summed E-state index contributed by atoms with van der Waals surface area (Å²) in [5.41, 5.74) is 16.2. The Morgan fingerprint density at radius 3 is 1.48 bits per heavy atom. The summed E-state index contributed by atoms with van der Waals surface area (Å²) >= 11 is 0. The van der Waals surface area contributed by atoms with Gasteiger partial charge in [0.15, 0.2) is 23.0 Å². The topological polar surface area (TPSA) is 288 Å². The third kappa shape index (κ3) is 11.4. The molecule has 0 unspecified atom stereocenters. The van der Waals surface area contributed by atoms with Crippen LogP contribution < -0.4 is 31.5 Å². The minimum atomic E-state index is -4.22. The standard InChI is InChI=1S/C43H42N10O8S2/c1-25(2)41(55)53-63(60,61)33-21-17-31(18-22-33)49-43(57)38-40(45)47-24-35(51-38)29-13-9-27(10-14-29)5-4-6-36(54)52-62(58,59)32-19-15-30(16-20-32)48-42(56)37-39(44)46-23-34(50-37)28-11-7-26(3)8-12-28/h7-25H,4-6H2,1-3H3,(H2,44,46)(H2,45,47)(H,48,56)(H,49,57)(H,52,54)(H,53,55). The van der Waals surface area contributed by atoms with Crippen molar-refractivity contribution in [1.82, 2.24) is 29.4 Å². The molecule has 0 aliphatic heterocycles. The van der Waals surface area contributed by atoms with Gasteiger partial charge in [0, 0.05) is 34.8 Å². The molecule has 0 spiro atoms. The largest absolute Gasteiger partial charge is 0.382 e. The average molecular weight is 891 g/mol. The fourth-order valence-electron chi connectivity index (χ4n) is 5.81. The third-order valence-electron chi connectivity index (χ3n) is 9.35. The van der Waals surface area contributed by atoms with Crippen molar-refractivity contribution in [2.75, 3.05) is 22.1 Å². The molecule has 2 aromatic heterocycles. The maximum atomic E-state index is 13.1.